The first kappa shape index (κ1) is 16.6. The van der Waals surface area contributed by atoms with Gasteiger partial charge < -0.3 is 15.0 Å². The largest absolute Gasteiger partial charge is 0.497 e. The summed E-state index contributed by atoms with van der Waals surface area (Å²) in [4.78, 5) is 14.4. The molecule has 0 saturated heterocycles. The first-order valence-electron chi connectivity index (χ1n) is 8.08. The van der Waals surface area contributed by atoms with Gasteiger partial charge in [-0.15, -0.1) is 0 Å². The predicted molar refractivity (Wildman–Crippen MR) is 95.9 cm³/mol. The van der Waals surface area contributed by atoms with Crippen molar-refractivity contribution in [1.29, 1.82) is 5.26 Å². The van der Waals surface area contributed by atoms with Crippen molar-refractivity contribution < 1.29 is 9.53 Å². The SMILES string of the molecule is COc1ccc(NC(=O)/C(C#N)=C\N2CCc3ccccc3C2)cc1. The second kappa shape index (κ2) is 7.54. The van der Waals surface area contributed by atoms with E-state index in [1.807, 2.05) is 23.1 Å². The summed E-state index contributed by atoms with van der Waals surface area (Å²) in [6.45, 7) is 1.50. The number of carbonyl (C=O) groups excluding carboxylic acids is 1. The van der Waals surface area contributed by atoms with Gasteiger partial charge in [-0.3, -0.25) is 4.79 Å². The smallest absolute Gasteiger partial charge is 0.267 e. The molecule has 1 aliphatic rings. The van der Waals surface area contributed by atoms with E-state index < -0.39 is 5.91 Å². The van der Waals surface area contributed by atoms with E-state index in [1.54, 1.807) is 37.6 Å². The van der Waals surface area contributed by atoms with Crippen LogP contribution >= 0.6 is 0 Å². The number of amides is 1. The van der Waals surface area contributed by atoms with Crippen molar-refractivity contribution in [3.8, 4) is 11.8 Å². The van der Waals surface area contributed by atoms with E-state index in [1.165, 1.54) is 11.1 Å². The number of anilines is 1. The highest BCUT2D eigenvalue weighted by molar-refractivity contribution is 6.06. The van der Waals surface area contributed by atoms with Crippen LogP contribution < -0.4 is 10.1 Å². The maximum atomic E-state index is 12.4. The second-order valence-electron chi connectivity index (χ2n) is 5.83. The summed E-state index contributed by atoms with van der Waals surface area (Å²) in [5.74, 6) is 0.299. The number of fused-ring (bicyclic) bond motifs is 1. The van der Waals surface area contributed by atoms with Crippen molar-refractivity contribution in [1.82, 2.24) is 4.90 Å². The van der Waals surface area contributed by atoms with Gasteiger partial charge in [-0.1, -0.05) is 24.3 Å². The highest BCUT2D eigenvalue weighted by Crippen LogP contribution is 2.20. The normalized spacial score (nSPS) is 13.6. The molecule has 0 bridgehead atoms. The number of methoxy groups -OCH3 is 1. The number of nitrogens with one attached hydrogen (secondary N) is 1. The Balaban J connectivity index is 1.70. The molecule has 0 radical (unpaired) electrons. The Morgan fingerprint density at radius 2 is 1.92 bits per heavy atom. The fourth-order valence-electron chi connectivity index (χ4n) is 2.82. The van der Waals surface area contributed by atoms with Crippen LogP contribution in [0, 0.1) is 11.3 Å². The van der Waals surface area contributed by atoms with Crippen LogP contribution in [0.15, 0.2) is 60.3 Å². The van der Waals surface area contributed by atoms with E-state index in [9.17, 15) is 10.1 Å². The fraction of sp³-hybridized carbons (Fsp3) is 0.200. The van der Waals surface area contributed by atoms with Crippen LogP contribution in [-0.2, 0) is 17.8 Å². The van der Waals surface area contributed by atoms with Crippen molar-refractivity contribution in [2.75, 3.05) is 19.0 Å². The van der Waals surface area contributed by atoms with Gasteiger partial charge >= 0.3 is 0 Å². The van der Waals surface area contributed by atoms with Crippen LogP contribution in [-0.4, -0.2) is 24.5 Å². The van der Waals surface area contributed by atoms with Crippen LogP contribution in [0.1, 0.15) is 11.1 Å². The molecular weight excluding hydrogens is 314 g/mol. The molecule has 1 aliphatic heterocycles. The molecule has 1 N–H and O–H groups in total. The highest BCUT2D eigenvalue weighted by atomic mass is 16.5. The van der Waals surface area contributed by atoms with Gasteiger partial charge in [-0.05, 0) is 41.8 Å². The topological polar surface area (TPSA) is 65.4 Å². The first-order valence-corrected chi connectivity index (χ1v) is 8.08. The number of hydrogen-bond acceptors (Lipinski definition) is 4. The molecule has 25 heavy (non-hydrogen) atoms. The third-order valence-electron chi connectivity index (χ3n) is 4.18. The molecule has 126 valence electrons. The van der Waals surface area contributed by atoms with Crippen molar-refractivity contribution in [3.63, 3.8) is 0 Å². The predicted octanol–water partition coefficient (Wildman–Crippen LogP) is 3.10. The Morgan fingerprint density at radius 3 is 2.60 bits per heavy atom. The molecule has 0 spiro atoms. The Bertz CT molecular complexity index is 835. The average Bonchev–Trinajstić information content (AvgIpc) is 2.66. The summed E-state index contributed by atoms with van der Waals surface area (Å²) in [6.07, 6.45) is 2.56. The van der Waals surface area contributed by atoms with Gasteiger partial charge in [0, 0.05) is 25.0 Å². The Hall–Kier alpha value is -3.26. The van der Waals surface area contributed by atoms with Gasteiger partial charge in [-0.2, -0.15) is 5.26 Å². The molecule has 0 aromatic heterocycles. The molecule has 1 amide bonds. The molecule has 0 aliphatic carbocycles. The minimum atomic E-state index is -0.411. The van der Waals surface area contributed by atoms with Crippen LogP contribution in [0.2, 0.25) is 0 Å². The number of hydrogen-bond donors (Lipinski definition) is 1. The van der Waals surface area contributed by atoms with Crippen LogP contribution in [0.5, 0.6) is 5.75 Å². The fourth-order valence-corrected chi connectivity index (χ4v) is 2.82. The third kappa shape index (κ3) is 3.99. The summed E-state index contributed by atoms with van der Waals surface area (Å²) in [6, 6.07) is 17.2. The molecule has 2 aromatic carbocycles. The van der Waals surface area contributed by atoms with E-state index >= 15 is 0 Å². The van der Waals surface area contributed by atoms with Gasteiger partial charge in [-0.25, -0.2) is 0 Å². The van der Waals surface area contributed by atoms with Crippen molar-refractivity contribution in [3.05, 3.63) is 71.4 Å². The lowest BCUT2D eigenvalue weighted by Crippen LogP contribution is -2.27. The van der Waals surface area contributed by atoms with E-state index in [0.717, 1.165) is 13.0 Å². The lowest BCUT2D eigenvalue weighted by atomic mass is 10.0. The van der Waals surface area contributed by atoms with E-state index in [0.29, 0.717) is 18.0 Å². The zero-order valence-electron chi connectivity index (χ0n) is 14.0. The van der Waals surface area contributed by atoms with Crippen LogP contribution in [0.3, 0.4) is 0 Å². The summed E-state index contributed by atoms with van der Waals surface area (Å²) in [5.41, 5.74) is 3.28. The molecule has 1 heterocycles. The van der Waals surface area contributed by atoms with Gasteiger partial charge in [0.25, 0.3) is 5.91 Å². The number of ether oxygens (including phenoxy) is 1. The number of nitrogens with zero attached hydrogens (tertiary/aromatic N) is 2. The maximum absolute atomic E-state index is 12.4. The number of nitriles is 1. The zero-order chi connectivity index (χ0) is 17.6. The molecule has 0 fully saturated rings. The summed E-state index contributed by atoms with van der Waals surface area (Å²) >= 11 is 0. The van der Waals surface area contributed by atoms with Crippen molar-refractivity contribution >= 4 is 11.6 Å². The molecule has 5 heteroatoms. The number of rotatable bonds is 4. The summed E-state index contributed by atoms with van der Waals surface area (Å²) in [5, 5.41) is 12.1. The van der Waals surface area contributed by atoms with E-state index in [2.05, 4.69) is 17.4 Å². The Kier molecular flexibility index (Phi) is 5.00. The Labute approximate surface area is 147 Å². The molecule has 0 unspecified atom stereocenters. The third-order valence-corrected chi connectivity index (χ3v) is 4.18. The molecule has 3 rings (SSSR count). The lowest BCUT2D eigenvalue weighted by molar-refractivity contribution is -0.112. The van der Waals surface area contributed by atoms with Crippen molar-refractivity contribution in [2.24, 2.45) is 0 Å². The molecular formula is C20H19N3O2. The minimum absolute atomic E-state index is 0.0928. The summed E-state index contributed by atoms with van der Waals surface area (Å²) in [7, 11) is 1.58. The maximum Gasteiger partial charge on any atom is 0.267 e. The Morgan fingerprint density at radius 1 is 1.20 bits per heavy atom. The molecule has 5 nitrogen and oxygen atoms in total. The lowest BCUT2D eigenvalue weighted by Gasteiger charge is -2.27. The average molecular weight is 333 g/mol. The van der Waals surface area contributed by atoms with Crippen LogP contribution in [0.4, 0.5) is 5.69 Å². The standard InChI is InChI=1S/C20H19N3O2/c1-25-19-8-6-18(7-9-19)22-20(24)17(12-21)14-23-11-10-15-4-2-3-5-16(15)13-23/h2-9,14H,10-11,13H2,1H3,(H,22,24)/b17-14-. The monoisotopic (exact) mass is 333 g/mol. The summed E-state index contributed by atoms with van der Waals surface area (Å²) < 4.78 is 5.09. The number of carbonyl (C=O) groups is 1. The van der Waals surface area contributed by atoms with E-state index in [4.69, 9.17) is 4.74 Å². The van der Waals surface area contributed by atoms with Gasteiger partial charge in [0.15, 0.2) is 0 Å². The van der Waals surface area contributed by atoms with Crippen LogP contribution in [0.25, 0.3) is 0 Å². The number of benzene rings is 2. The van der Waals surface area contributed by atoms with Gasteiger partial charge in [0.2, 0.25) is 0 Å². The van der Waals surface area contributed by atoms with Crippen molar-refractivity contribution in [2.45, 2.75) is 13.0 Å². The highest BCUT2D eigenvalue weighted by Gasteiger charge is 2.16. The first-order chi connectivity index (χ1) is 12.2. The van der Waals surface area contributed by atoms with Gasteiger partial charge in [0.1, 0.15) is 17.4 Å². The molecule has 2 aromatic rings. The van der Waals surface area contributed by atoms with Gasteiger partial charge in [0.05, 0.1) is 7.11 Å². The second-order valence-corrected chi connectivity index (χ2v) is 5.83. The quantitative estimate of drug-likeness (QED) is 0.690. The zero-order valence-corrected chi connectivity index (χ0v) is 14.0. The molecule has 0 atom stereocenters. The van der Waals surface area contributed by atoms with E-state index in [-0.39, 0.29) is 5.57 Å². The minimum Gasteiger partial charge on any atom is -0.497 e. The molecule has 0 saturated carbocycles.